The van der Waals surface area contributed by atoms with Gasteiger partial charge >= 0.3 is 0 Å². The molecule has 0 saturated carbocycles. The zero-order valence-corrected chi connectivity index (χ0v) is 19.7. The summed E-state index contributed by atoms with van der Waals surface area (Å²) in [5, 5.41) is 4.28. The summed E-state index contributed by atoms with van der Waals surface area (Å²) in [6, 6.07) is 13.0. The van der Waals surface area contributed by atoms with E-state index in [0.717, 1.165) is 28.1 Å². The molecule has 1 aromatic heterocycles. The molecule has 1 amide bonds. The van der Waals surface area contributed by atoms with Crippen LogP contribution in [-0.2, 0) is 10.0 Å². The van der Waals surface area contributed by atoms with E-state index in [9.17, 15) is 13.2 Å². The molecular weight excluding hydrogens is 424 g/mol. The van der Waals surface area contributed by atoms with E-state index in [1.807, 2.05) is 62.7 Å². The van der Waals surface area contributed by atoms with Gasteiger partial charge in [0.05, 0.1) is 10.6 Å². The number of hydrogen-bond donors (Lipinski definition) is 0. The number of benzene rings is 2. The van der Waals surface area contributed by atoms with Crippen LogP contribution in [0, 0.1) is 27.7 Å². The number of hydrogen-bond acceptors (Lipinski definition) is 4. The molecule has 3 aromatic rings. The van der Waals surface area contributed by atoms with E-state index < -0.39 is 10.0 Å². The van der Waals surface area contributed by atoms with Crippen LogP contribution in [0.4, 0.5) is 0 Å². The van der Waals surface area contributed by atoms with Crippen molar-refractivity contribution in [3.05, 3.63) is 76.6 Å². The highest BCUT2D eigenvalue weighted by molar-refractivity contribution is 7.89. The first-order valence-corrected chi connectivity index (χ1v) is 12.1. The van der Waals surface area contributed by atoms with Crippen LogP contribution < -0.4 is 0 Å². The Morgan fingerprint density at radius 2 is 1.47 bits per heavy atom. The smallest absolute Gasteiger partial charge is 0.253 e. The summed E-state index contributed by atoms with van der Waals surface area (Å²) in [7, 11) is -3.60. The number of nitrogens with zero attached hydrogens (tertiary/aromatic N) is 4. The molecule has 7 nitrogen and oxygen atoms in total. The fourth-order valence-corrected chi connectivity index (χ4v) is 6.24. The summed E-state index contributed by atoms with van der Waals surface area (Å²) in [4.78, 5) is 15.1. The predicted octanol–water partition coefficient (Wildman–Crippen LogP) is 3.25. The minimum atomic E-state index is -3.60. The number of sulfonamides is 1. The monoisotopic (exact) mass is 452 g/mol. The molecule has 1 aliphatic rings. The molecule has 0 spiro atoms. The largest absolute Gasteiger partial charge is 0.336 e. The van der Waals surface area contributed by atoms with Gasteiger partial charge in [0.15, 0.2) is 0 Å². The number of amides is 1. The average Bonchev–Trinajstić information content (AvgIpc) is 3.18. The van der Waals surface area contributed by atoms with Crippen molar-refractivity contribution in [2.75, 3.05) is 26.2 Å². The second kappa shape index (κ2) is 8.52. The molecule has 1 saturated heterocycles. The van der Waals surface area contributed by atoms with Gasteiger partial charge in [-0.15, -0.1) is 0 Å². The fourth-order valence-electron chi connectivity index (χ4n) is 4.40. The van der Waals surface area contributed by atoms with Crippen LogP contribution in [0.5, 0.6) is 0 Å². The lowest BCUT2D eigenvalue weighted by Gasteiger charge is -2.34. The van der Waals surface area contributed by atoms with Crippen LogP contribution in [-0.4, -0.2) is 59.5 Å². The van der Waals surface area contributed by atoms with Gasteiger partial charge in [-0.3, -0.25) is 4.79 Å². The third kappa shape index (κ3) is 4.08. The SMILES string of the molecule is Cc1cc(C)c(S(=O)(=O)N2CCN(C(=O)c3ccc(-n4nccc4C)cc3)CC2)c(C)c1. The van der Waals surface area contributed by atoms with Gasteiger partial charge in [0.1, 0.15) is 0 Å². The molecule has 0 aliphatic carbocycles. The van der Waals surface area contributed by atoms with Crippen LogP contribution >= 0.6 is 0 Å². The molecular formula is C24H28N4O3S. The number of aromatic nitrogens is 2. The first kappa shape index (κ1) is 22.2. The highest BCUT2D eigenvalue weighted by atomic mass is 32.2. The normalized spacial score (nSPS) is 15.2. The Labute approximate surface area is 189 Å². The maximum atomic E-state index is 13.3. The fraction of sp³-hybridized carbons (Fsp3) is 0.333. The van der Waals surface area contributed by atoms with Gasteiger partial charge < -0.3 is 4.90 Å². The average molecular weight is 453 g/mol. The highest BCUT2D eigenvalue weighted by Crippen LogP contribution is 2.26. The Morgan fingerprint density at radius 1 is 0.875 bits per heavy atom. The second-order valence-electron chi connectivity index (χ2n) is 8.36. The lowest BCUT2D eigenvalue weighted by Crippen LogP contribution is -2.50. The van der Waals surface area contributed by atoms with E-state index in [1.165, 1.54) is 4.31 Å². The topological polar surface area (TPSA) is 75.5 Å². The maximum absolute atomic E-state index is 13.3. The van der Waals surface area contributed by atoms with Crippen LogP contribution in [0.3, 0.4) is 0 Å². The first-order valence-electron chi connectivity index (χ1n) is 10.7. The van der Waals surface area contributed by atoms with Crippen LogP contribution in [0.25, 0.3) is 5.69 Å². The van der Waals surface area contributed by atoms with E-state index >= 15 is 0 Å². The Kier molecular flexibility index (Phi) is 5.92. The number of carbonyl (C=O) groups excluding carboxylic acids is 1. The van der Waals surface area contributed by atoms with Gasteiger partial charge in [-0.1, -0.05) is 17.7 Å². The quantitative estimate of drug-likeness (QED) is 0.609. The standard InChI is InChI=1S/C24H28N4O3S/c1-17-15-18(2)23(19(3)16-17)32(30,31)27-13-11-26(12-14-27)24(29)21-5-7-22(8-6-21)28-20(4)9-10-25-28/h5-10,15-16H,11-14H2,1-4H3. The summed E-state index contributed by atoms with van der Waals surface area (Å²) in [5.41, 5.74) is 5.05. The minimum absolute atomic E-state index is 0.0894. The van der Waals surface area contributed by atoms with Crippen molar-refractivity contribution in [3.8, 4) is 5.69 Å². The molecule has 1 aliphatic heterocycles. The predicted molar refractivity (Wildman–Crippen MR) is 124 cm³/mol. The van der Waals surface area contributed by atoms with Gasteiger partial charge in [-0.05, 0) is 69.2 Å². The molecule has 2 heterocycles. The molecule has 2 aromatic carbocycles. The molecule has 4 rings (SSSR count). The van der Waals surface area contributed by atoms with Crippen LogP contribution in [0.15, 0.2) is 53.6 Å². The van der Waals surface area contributed by atoms with Crippen molar-refractivity contribution in [2.24, 2.45) is 0 Å². The number of piperazine rings is 1. The third-order valence-corrected chi connectivity index (χ3v) is 8.12. The number of aryl methyl sites for hydroxylation is 4. The second-order valence-corrected chi connectivity index (χ2v) is 10.2. The molecule has 0 unspecified atom stereocenters. The molecule has 0 radical (unpaired) electrons. The van der Waals surface area contributed by atoms with E-state index in [1.54, 1.807) is 23.2 Å². The van der Waals surface area contributed by atoms with Crippen molar-refractivity contribution in [1.82, 2.24) is 19.0 Å². The minimum Gasteiger partial charge on any atom is -0.336 e. The number of rotatable bonds is 4. The van der Waals surface area contributed by atoms with Crippen LogP contribution in [0.1, 0.15) is 32.7 Å². The molecule has 32 heavy (non-hydrogen) atoms. The van der Waals surface area contributed by atoms with Gasteiger partial charge in [0, 0.05) is 43.6 Å². The summed E-state index contributed by atoms with van der Waals surface area (Å²) < 4.78 is 29.9. The Morgan fingerprint density at radius 3 is 2.00 bits per heavy atom. The maximum Gasteiger partial charge on any atom is 0.253 e. The first-order chi connectivity index (χ1) is 15.2. The molecule has 8 heteroatoms. The van der Waals surface area contributed by atoms with E-state index in [4.69, 9.17) is 0 Å². The Hall–Kier alpha value is -2.97. The summed E-state index contributed by atoms with van der Waals surface area (Å²) >= 11 is 0. The third-order valence-electron chi connectivity index (χ3n) is 5.92. The van der Waals surface area contributed by atoms with Crippen molar-refractivity contribution < 1.29 is 13.2 Å². The summed E-state index contributed by atoms with van der Waals surface area (Å²) in [5.74, 6) is -0.0894. The lowest BCUT2D eigenvalue weighted by molar-refractivity contribution is 0.0698. The van der Waals surface area contributed by atoms with Crippen molar-refractivity contribution in [3.63, 3.8) is 0 Å². The summed E-state index contributed by atoms with van der Waals surface area (Å²) in [6.07, 6.45) is 1.74. The molecule has 0 atom stereocenters. The molecule has 0 bridgehead atoms. The molecule has 168 valence electrons. The Balaban J connectivity index is 1.46. The van der Waals surface area contributed by atoms with Crippen molar-refractivity contribution in [2.45, 2.75) is 32.6 Å². The van der Waals surface area contributed by atoms with Gasteiger partial charge in [-0.25, -0.2) is 13.1 Å². The summed E-state index contributed by atoms with van der Waals surface area (Å²) in [6.45, 7) is 8.89. The highest BCUT2D eigenvalue weighted by Gasteiger charge is 2.32. The van der Waals surface area contributed by atoms with Gasteiger partial charge in [-0.2, -0.15) is 9.40 Å². The number of carbonyl (C=O) groups is 1. The van der Waals surface area contributed by atoms with Crippen LogP contribution in [0.2, 0.25) is 0 Å². The van der Waals surface area contributed by atoms with E-state index in [-0.39, 0.29) is 19.0 Å². The molecule has 1 fully saturated rings. The Bertz CT molecular complexity index is 1230. The zero-order valence-electron chi connectivity index (χ0n) is 18.9. The molecule has 0 N–H and O–H groups in total. The van der Waals surface area contributed by atoms with Gasteiger partial charge in [0.2, 0.25) is 10.0 Å². The lowest BCUT2D eigenvalue weighted by atomic mass is 10.1. The van der Waals surface area contributed by atoms with E-state index in [0.29, 0.717) is 23.5 Å². The van der Waals surface area contributed by atoms with Crippen molar-refractivity contribution >= 4 is 15.9 Å². The van der Waals surface area contributed by atoms with Gasteiger partial charge in [0.25, 0.3) is 5.91 Å². The van der Waals surface area contributed by atoms with E-state index in [2.05, 4.69) is 5.10 Å². The van der Waals surface area contributed by atoms with Crippen molar-refractivity contribution in [1.29, 1.82) is 0 Å². The zero-order chi connectivity index (χ0) is 23.0.